The Hall–Kier alpha value is -1.64. The van der Waals surface area contributed by atoms with Crippen LogP contribution in [-0.4, -0.2) is 50.1 Å². The fraction of sp³-hybridized carbons (Fsp3) is 0.500. The fourth-order valence-corrected chi connectivity index (χ4v) is 2.39. The van der Waals surface area contributed by atoms with Crippen LogP contribution in [0.1, 0.15) is 20.3 Å². The molecule has 7 nitrogen and oxygen atoms in total. The van der Waals surface area contributed by atoms with E-state index in [1.54, 1.807) is 6.92 Å². The molecule has 1 aromatic carbocycles. The fourth-order valence-electron chi connectivity index (χ4n) is 1.49. The predicted molar refractivity (Wildman–Crippen MR) is 85.3 cm³/mol. The van der Waals surface area contributed by atoms with Gasteiger partial charge in [0.15, 0.2) is 0 Å². The Morgan fingerprint density at radius 2 is 1.82 bits per heavy atom. The lowest BCUT2D eigenvalue weighted by molar-refractivity contribution is 0.0587. The van der Waals surface area contributed by atoms with Gasteiger partial charge in [-0.25, -0.2) is 17.5 Å². The second kappa shape index (κ2) is 7.08. The van der Waals surface area contributed by atoms with E-state index in [0.29, 0.717) is 12.1 Å². The number of benzene rings is 1. The normalized spacial score (nSPS) is 14.5. The summed E-state index contributed by atoms with van der Waals surface area (Å²) >= 11 is 0. The molecule has 0 aromatic heterocycles. The van der Waals surface area contributed by atoms with Crippen molar-refractivity contribution in [2.75, 3.05) is 26.0 Å². The minimum Gasteiger partial charge on any atom is -0.388 e. The van der Waals surface area contributed by atoms with Crippen LogP contribution in [0.3, 0.4) is 0 Å². The van der Waals surface area contributed by atoms with Crippen LogP contribution in [0.15, 0.2) is 29.2 Å². The lowest BCUT2D eigenvalue weighted by Crippen LogP contribution is -2.41. The third-order valence-corrected chi connectivity index (χ3v) is 5.11. The van der Waals surface area contributed by atoms with Crippen LogP contribution < -0.4 is 10.6 Å². The first-order valence-electron chi connectivity index (χ1n) is 6.88. The van der Waals surface area contributed by atoms with Gasteiger partial charge in [-0.3, -0.25) is 0 Å². The second-order valence-electron chi connectivity index (χ2n) is 5.47. The maximum Gasteiger partial charge on any atom is 0.319 e. The Bertz CT molecular complexity index is 609. The van der Waals surface area contributed by atoms with Crippen molar-refractivity contribution in [2.24, 2.45) is 0 Å². The van der Waals surface area contributed by atoms with Gasteiger partial charge in [0.05, 0.1) is 10.5 Å². The summed E-state index contributed by atoms with van der Waals surface area (Å²) in [5, 5.41) is 14.9. The van der Waals surface area contributed by atoms with Crippen LogP contribution in [0.2, 0.25) is 0 Å². The number of anilines is 1. The summed E-state index contributed by atoms with van der Waals surface area (Å²) in [6.07, 6.45) is 0.518. The third-order valence-electron chi connectivity index (χ3n) is 3.28. The van der Waals surface area contributed by atoms with E-state index in [-0.39, 0.29) is 11.4 Å². The van der Waals surface area contributed by atoms with Gasteiger partial charge in [-0.1, -0.05) is 6.92 Å². The molecule has 0 spiro atoms. The van der Waals surface area contributed by atoms with Crippen molar-refractivity contribution < 1.29 is 18.3 Å². The molecule has 8 heteroatoms. The highest BCUT2D eigenvalue weighted by Gasteiger charge is 2.19. The number of sulfonamides is 1. The topological polar surface area (TPSA) is 98.7 Å². The quantitative estimate of drug-likeness (QED) is 0.731. The average Bonchev–Trinajstić information content (AvgIpc) is 2.46. The zero-order valence-corrected chi connectivity index (χ0v) is 14.1. The Balaban J connectivity index is 2.67. The summed E-state index contributed by atoms with van der Waals surface area (Å²) in [6.45, 7) is 3.58. The molecule has 0 aliphatic rings. The predicted octanol–water partition coefficient (Wildman–Crippen LogP) is 1.22. The Labute approximate surface area is 131 Å². The number of hydrogen-bond acceptors (Lipinski definition) is 4. The largest absolute Gasteiger partial charge is 0.388 e. The van der Waals surface area contributed by atoms with Gasteiger partial charge < -0.3 is 15.7 Å². The van der Waals surface area contributed by atoms with Gasteiger partial charge in [0.2, 0.25) is 10.0 Å². The van der Waals surface area contributed by atoms with Gasteiger partial charge in [0.25, 0.3) is 0 Å². The highest BCUT2D eigenvalue weighted by atomic mass is 32.2. The molecule has 3 N–H and O–H groups in total. The Morgan fingerprint density at radius 3 is 2.27 bits per heavy atom. The number of nitrogens with zero attached hydrogens (tertiary/aromatic N) is 1. The number of urea groups is 1. The number of nitrogens with one attached hydrogen (secondary N) is 2. The summed E-state index contributed by atoms with van der Waals surface area (Å²) in [6, 6.07) is 5.40. The molecule has 0 radical (unpaired) electrons. The highest BCUT2D eigenvalue weighted by molar-refractivity contribution is 7.89. The summed E-state index contributed by atoms with van der Waals surface area (Å²) in [7, 11) is -0.577. The van der Waals surface area contributed by atoms with E-state index in [1.807, 2.05) is 6.92 Å². The van der Waals surface area contributed by atoms with Crippen LogP contribution in [0.4, 0.5) is 10.5 Å². The van der Waals surface area contributed by atoms with Gasteiger partial charge in [0.1, 0.15) is 0 Å². The van der Waals surface area contributed by atoms with Crippen LogP contribution >= 0.6 is 0 Å². The van der Waals surface area contributed by atoms with E-state index in [1.165, 1.54) is 38.4 Å². The van der Waals surface area contributed by atoms with Crippen molar-refractivity contribution in [3.8, 4) is 0 Å². The monoisotopic (exact) mass is 329 g/mol. The van der Waals surface area contributed by atoms with E-state index < -0.39 is 21.7 Å². The summed E-state index contributed by atoms with van der Waals surface area (Å²) < 4.78 is 24.9. The number of amides is 2. The number of aliphatic hydroxyl groups is 1. The number of carbonyl (C=O) groups is 1. The maximum absolute atomic E-state index is 11.9. The molecule has 124 valence electrons. The molecule has 0 heterocycles. The van der Waals surface area contributed by atoms with Crippen LogP contribution in [-0.2, 0) is 10.0 Å². The van der Waals surface area contributed by atoms with E-state index in [4.69, 9.17) is 0 Å². The Kier molecular flexibility index (Phi) is 5.92. The van der Waals surface area contributed by atoms with Gasteiger partial charge in [-0.2, -0.15) is 0 Å². The van der Waals surface area contributed by atoms with Crippen molar-refractivity contribution in [3.05, 3.63) is 24.3 Å². The van der Waals surface area contributed by atoms with Crippen molar-refractivity contribution in [1.29, 1.82) is 0 Å². The minimum absolute atomic E-state index is 0.127. The van der Waals surface area contributed by atoms with E-state index in [9.17, 15) is 18.3 Å². The maximum atomic E-state index is 11.9. The molecule has 0 aliphatic heterocycles. The molecule has 0 saturated heterocycles. The number of carbonyl (C=O) groups excluding carboxylic acids is 1. The molecule has 22 heavy (non-hydrogen) atoms. The van der Waals surface area contributed by atoms with Crippen molar-refractivity contribution >= 4 is 21.7 Å². The molecule has 0 aliphatic carbocycles. The number of rotatable bonds is 6. The molecule has 1 aromatic rings. The first kappa shape index (κ1) is 18.4. The molecule has 0 saturated carbocycles. The van der Waals surface area contributed by atoms with E-state index in [0.717, 1.165) is 4.31 Å². The van der Waals surface area contributed by atoms with Crippen LogP contribution in [0, 0.1) is 0 Å². The minimum atomic E-state index is -3.48. The molecule has 0 bridgehead atoms. The third kappa shape index (κ3) is 4.97. The molecule has 1 unspecified atom stereocenters. The standard InChI is InChI=1S/C14H23N3O4S/c1-5-14(2,19)10-15-13(18)16-11-6-8-12(9-7-11)22(20,21)17(3)4/h6-9,19H,5,10H2,1-4H3,(H2,15,16,18). The summed E-state index contributed by atoms with van der Waals surface area (Å²) in [4.78, 5) is 11.9. The molecule has 1 atom stereocenters. The molecular formula is C14H23N3O4S. The van der Waals surface area contributed by atoms with Gasteiger partial charge in [-0.15, -0.1) is 0 Å². The van der Waals surface area contributed by atoms with Crippen molar-refractivity contribution in [3.63, 3.8) is 0 Å². The van der Waals surface area contributed by atoms with Gasteiger partial charge in [0, 0.05) is 26.3 Å². The molecule has 1 rings (SSSR count). The first-order valence-corrected chi connectivity index (χ1v) is 8.32. The SMILES string of the molecule is CCC(C)(O)CNC(=O)Nc1ccc(S(=O)(=O)N(C)C)cc1. The Morgan fingerprint density at radius 1 is 1.27 bits per heavy atom. The molecular weight excluding hydrogens is 306 g/mol. The number of hydrogen-bond donors (Lipinski definition) is 3. The average molecular weight is 329 g/mol. The van der Waals surface area contributed by atoms with E-state index >= 15 is 0 Å². The lowest BCUT2D eigenvalue weighted by atomic mass is 10.0. The van der Waals surface area contributed by atoms with Crippen LogP contribution in [0.5, 0.6) is 0 Å². The highest BCUT2D eigenvalue weighted by Crippen LogP contribution is 2.16. The van der Waals surface area contributed by atoms with Gasteiger partial charge in [-0.05, 0) is 37.6 Å². The van der Waals surface area contributed by atoms with Gasteiger partial charge >= 0.3 is 6.03 Å². The van der Waals surface area contributed by atoms with Crippen molar-refractivity contribution in [1.82, 2.24) is 9.62 Å². The summed E-state index contributed by atoms with van der Waals surface area (Å²) in [5.74, 6) is 0. The smallest absolute Gasteiger partial charge is 0.319 e. The first-order chi connectivity index (χ1) is 10.1. The lowest BCUT2D eigenvalue weighted by Gasteiger charge is -2.21. The second-order valence-corrected chi connectivity index (χ2v) is 7.62. The van der Waals surface area contributed by atoms with Crippen molar-refractivity contribution in [2.45, 2.75) is 30.8 Å². The summed E-state index contributed by atoms with van der Waals surface area (Å²) in [5.41, 5.74) is -0.493. The van der Waals surface area contributed by atoms with Crippen LogP contribution in [0.25, 0.3) is 0 Å². The molecule has 2 amide bonds. The van der Waals surface area contributed by atoms with E-state index in [2.05, 4.69) is 10.6 Å². The molecule has 0 fully saturated rings. The zero-order chi connectivity index (χ0) is 17.0. The zero-order valence-electron chi connectivity index (χ0n) is 13.3.